The molecule has 0 amide bonds. The van der Waals surface area contributed by atoms with Gasteiger partial charge in [0.1, 0.15) is 6.10 Å². The molecule has 1 N–H and O–H groups in total. The van der Waals surface area contributed by atoms with Crippen molar-refractivity contribution in [2.45, 2.75) is 187 Å². The molecule has 0 bridgehead atoms. The molecule has 0 aromatic carbocycles. The highest BCUT2D eigenvalue weighted by atomic mass is 16.5. The van der Waals surface area contributed by atoms with Gasteiger partial charge in [-0.3, -0.25) is 9.59 Å². The molecule has 0 rings (SSSR count). The Bertz CT molecular complexity index is 595. The lowest BCUT2D eigenvalue weighted by atomic mass is 10.0. The molecule has 0 spiro atoms. The highest BCUT2D eigenvalue weighted by Crippen LogP contribution is 2.18. The standard InChI is InChI=1S/C35H64O4/c1-3-5-7-9-11-12-13-14-15-16-17-19-24-28-32-35(38)39-33(29-25-21-18-10-8-6-4-2)30-26-22-20-23-27-31-34(36)37/h9,11,13-14,33H,3-8,10,12,15-32H2,1-2H3,(H,36,37)/b11-9-,14-13-. The van der Waals surface area contributed by atoms with Gasteiger partial charge in [0.05, 0.1) is 0 Å². The monoisotopic (exact) mass is 548 g/mol. The third kappa shape index (κ3) is 30.8. The van der Waals surface area contributed by atoms with Crippen LogP contribution in [0.25, 0.3) is 0 Å². The van der Waals surface area contributed by atoms with Crippen molar-refractivity contribution in [1.29, 1.82) is 0 Å². The first-order valence-corrected chi connectivity index (χ1v) is 16.8. The maximum atomic E-state index is 12.5. The average molecular weight is 549 g/mol. The van der Waals surface area contributed by atoms with E-state index in [0.29, 0.717) is 6.42 Å². The predicted octanol–water partition coefficient (Wildman–Crippen LogP) is 11.3. The van der Waals surface area contributed by atoms with Crippen molar-refractivity contribution in [2.24, 2.45) is 0 Å². The summed E-state index contributed by atoms with van der Waals surface area (Å²) in [4.78, 5) is 23.2. The Kier molecular flexibility index (Phi) is 29.7. The molecule has 0 radical (unpaired) electrons. The van der Waals surface area contributed by atoms with Gasteiger partial charge >= 0.3 is 11.9 Å². The molecule has 0 aliphatic heterocycles. The van der Waals surface area contributed by atoms with Gasteiger partial charge in [-0.2, -0.15) is 0 Å². The van der Waals surface area contributed by atoms with Crippen LogP contribution in [0.2, 0.25) is 0 Å². The van der Waals surface area contributed by atoms with Crippen LogP contribution < -0.4 is 0 Å². The third-order valence-corrected chi connectivity index (χ3v) is 7.43. The number of hydrogen-bond donors (Lipinski definition) is 1. The van der Waals surface area contributed by atoms with Gasteiger partial charge in [0, 0.05) is 12.8 Å². The molecule has 0 aliphatic carbocycles. The van der Waals surface area contributed by atoms with Gasteiger partial charge in [-0.1, -0.05) is 128 Å². The van der Waals surface area contributed by atoms with Gasteiger partial charge in [0.25, 0.3) is 0 Å². The number of carbonyl (C=O) groups excluding carboxylic acids is 1. The van der Waals surface area contributed by atoms with Crippen LogP contribution in [-0.2, 0) is 14.3 Å². The summed E-state index contributed by atoms with van der Waals surface area (Å²) in [6.45, 7) is 4.48. The highest BCUT2D eigenvalue weighted by Gasteiger charge is 2.14. The lowest BCUT2D eigenvalue weighted by molar-refractivity contribution is -0.150. The van der Waals surface area contributed by atoms with Crippen LogP contribution in [0.5, 0.6) is 0 Å². The molecule has 4 nitrogen and oxygen atoms in total. The van der Waals surface area contributed by atoms with E-state index in [9.17, 15) is 9.59 Å². The van der Waals surface area contributed by atoms with Gasteiger partial charge in [0.15, 0.2) is 0 Å². The summed E-state index contributed by atoms with van der Waals surface area (Å²) in [5.41, 5.74) is 0. The second-order valence-electron chi connectivity index (χ2n) is 11.3. The zero-order chi connectivity index (χ0) is 28.7. The lowest BCUT2D eigenvalue weighted by Gasteiger charge is -2.18. The zero-order valence-electron chi connectivity index (χ0n) is 25.9. The van der Waals surface area contributed by atoms with Crippen LogP contribution in [-0.4, -0.2) is 23.1 Å². The first kappa shape index (κ1) is 37.4. The Morgan fingerprint density at radius 1 is 0.564 bits per heavy atom. The molecular weight excluding hydrogens is 484 g/mol. The number of ether oxygens (including phenoxy) is 1. The Morgan fingerprint density at radius 3 is 1.59 bits per heavy atom. The normalized spacial score (nSPS) is 12.5. The fourth-order valence-electron chi connectivity index (χ4n) is 4.91. The summed E-state index contributed by atoms with van der Waals surface area (Å²) in [5.74, 6) is -0.718. The summed E-state index contributed by atoms with van der Waals surface area (Å²) >= 11 is 0. The minimum Gasteiger partial charge on any atom is -0.481 e. The summed E-state index contributed by atoms with van der Waals surface area (Å²) in [5, 5.41) is 8.76. The number of carboxylic acids is 1. The summed E-state index contributed by atoms with van der Waals surface area (Å²) in [6, 6.07) is 0. The summed E-state index contributed by atoms with van der Waals surface area (Å²) in [7, 11) is 0. The molecule has 228 valence electrons. The minimum atomic E-state index is -0.703. The Morgan fingerprint density at radius 2 is 1.03 bits per heavy atom. The largest absolute Gasteiger partial charge is 0.481 e. The molecule has 0 aromatic heterocycles. The van der Waals surface area contributed by atoms with Crippen LogP contribution in [0.3, 0.4) is 0 Å². The molecule has 39 heavy (non-hydrogen) atoms. The number of rotatable bonds is 30. The fraction of sp³-hybridized carbons (Fsp3) is 0.829. The molecular formula is C35H64O4. The second-order valence-corrected chi connectivity index (χ2v) is 11.3. The molecule has 0 heterocycles. The minimum absolute atomic E-state index is 0.0145. The predicted molar refractivity (Wildman–Crippen MR) is 167 cm³/mol. The van der Waals surface area contributed by atoms with Gasteiger partial charge in [-0.05, 0) is 64.2 Å². The summed E-state index contributed by atoms with van der Waals surface area (Å²) in [6.07, 6.45) is 37.5. The third-order valence-electron chi connectivity index (χ3n) is 7.43. The van der Waals surface area contributed by atoms with Crippen LogP contribution >= 0.6 is 0 Å². The molecule has 4 heteroatoms. The van der Waals surface area contributed by atoms with E-state index in [1.165, 1.54) is 77.0 Å². The number of aliphatic carboxylic acids is 1. The maximum Gasteiger partial charge on any atom is 0.306 e. The van der Waals surface area contributed by atoms with Crippen molar-refractivity contribution in [3.05, 3.63) is 24.3 Å². The van der Waals surface area contributed by atoms with Gasteiger partial charge in [-0.25, -0.2) is 0 Å². The van der Waals surface area contributed by atoms with Crippen molar-refractivity contribution in [1.82, 2.24) is 0 Å². The van der Waals surface area contributed by atoms with Crippen molar-refractivity contribution in [2.75, 3.05) is 0 Å². The van der Waals surface area contributed by atoms with Crippen molar-refractivity contribution in [3.63, 3.8) is 0 Å². The van der Waals surface area contributed by atoms with Crippen LogP contribution in [0, 0.1) is 0 Å². The SMILES string of the molecule is CCCC/C=C\C/C=C\CCCCCCCC(=O)OC(CCCCCCCCC)CCCCCCCC(=O)O. The fourth-order valence-corrected chi connectivity index (χ4v) is 4.91. The number of hydrogen-bond acceptors (Lipinski definition) is 3. The second kappa shape index (κ2) is 31.0. The Balaban J connectivity index is 4.01. The maximum absolute atomic E-state index is 12.5. The molecule has 1 atom stereocenters. The van der Waals surface area contributed by atoms with E-state index in [1.807, 2.05) is 0 Å². The van der Waals surface area contributed by atoms with E-state index >= 15 is 0 Å². The van der Waals surface area contributed by atoms with Gasteiger partial charge < -0.3 is 9.84 Å². The number of carboxylic acid groups (broad SMARTS) is 1. The first-order chi connectivity index (χ1) is 19.1. The van der Waals surface area contributed by atoms with Gasteiger partial charge in [0.2, 0.25) is 0 Å². The van der Waals surface area contributed by atoms with Crippen LogP contribution in [0.1, 0.15) is 181 Å². The summed E-state index contributed by atoms with van der Waals surface area (Å²) < 4.78 is 5.94. The highest BCUT2D eigenvalue weighted by molar-refractivity contribution is 5.69. The Labute approximate surface area is 242 Å². The van der Waals surface area contributed by atoms with E-state index in [2.05, 4.69) is 38.2 Å². The molecule has 0 aliphatic rings. The van der Waals surface area contributed by atoms with E-state index in [4.69, 9.17) is 9.84 Å². The number of esters is 1. The van der Waals surface area contributed by atoms with E-state index < -0.39 is 5.97 Å². The van der Waals surface area contributed by atoms with Crippen molar-refractivity contribution in [3.8, 4) is 0 Å². The van der Waals surface area contributed by atoms with Crippen molar-refractivity contribution >= 4 is 11.9 Å². The van der Waals surface area contributed by atoms with E-state index in [0.717, 1.165) is 77.0 Å². The zero-order valence-corrected chi connectivity index (χ0v) is 25.9. The Hall–Kier alpha value is -1.58. The quantitative estimate of drug-likeness (QED) is 0.0550. The molecule has 1 unspecified atom stereocenters. The van der Waals surface area contributed by atoms with Crippen LogP contribution in [0.4, 0.5) is 0 Å². The molecule has 0 saturated carbocycles. The molecule has 0 saturated heterocycles. The number of allylic oxidation sites excluding steroid dienone is 4. The smallest absolute Gasteiger partial charge is 0.306 e. The van der Waals surface area contributed by atoms with Gasteiger partial charge in [-0.15, -0.1) is 0 Å². The average Bonchev–Trinajstić information content (AvgIpc) is 2.91. The molecule has 0 aromatic rings. The first-order valence-electron chi connectivity index (χ1n) is 16.8. The van der Waals surface area contributed by atoms with E-state index in [-0.39, 0.29) is 18.5 Å². The number of unbranched alkanes of at least 4 members (excludes halogenated alkanes) is 17. The lowest BCUT2D eigenvalue weighted by Crippen LogP contribution is -2.18. The number of carbonyl (C=O) groups is 2. The van der Waals surface area contributed by atoms with E-state index in [1.54, 1.807) is 0 Å². The van der Waals surface area contributed by atoms with Crippen LogP contribution in [0.15, 0.2) is 24.3 Å². The van der Waals surface area contributed by atoms with Crippen molar-refractivity contribution < 1.29 is 19.4 Å². The topological polar surface area (TPSA) is 63.6 Å². The molecule has 0 fully saturated rings.